The summed E-state index contributed by atoms with van der Waals surface area (Å²) in [5, 5.41) is 3.21. The van der Waals surface area contributed by atoms with Gasteiger partial charge in [0.2, 0.25) is 0 Å². The highest BCUT2D eigenvalue weighted by atomic mass is 28.3. The van der Waals surface area contributed by atoms with Gasteiger partial charge in [-0.25, -0.2) is 0 Å². The lowest BCUT2D eigenvalue weighted by atomic mass is 9.87. The molecule has 0 radical (unpaired) electrons. The fraction of sp³-hybridized carbons (Fsp3) is 0.412. The Morgan fingerprint density at radius 2 is 0.746 bits per heavy atom. The van der Waals surface area contributed by atoms with Crippen molar-refractivity contribution in [3.8, 4) is 22.3 Å². The van der Waals surface area contributed by atoms with Gasteiger partial charge in [-0.1, -0.05) is 257 Å². The monoisotopic (exact) mass is 989 g/mol. The van der Waals surface area contributed by atoms with Gasteiger partial charge in [0.1, 0.15) is 8.07 Å². The quantitative estimate of drug-likeness (QED) is 0.146. The van der Waals surface area contributed by atoms with Crippen LogP contribution in [0.3, 0.4) is 0 Å². The molecule has 0 fully saturated rings. The molecule has 4 unspecified atom stereocenters. The summed E-state index contributed by atoms with van der Waals surface area (Å²) >= 11 is 0. The summed E-state index contributed by atoms with van der Waals surface area (Å²) in [5.74, 6) is 0. The molecule has 4 atom stereocenters. The van der Waals surface area contributed by atoms with Gasteiger partial charge in [0.25, 0.3) is 0 Å². The average molecular weight is 990 g/mol. The summed E-state index contributed by atoms with van der Waals surface area (Å²) in [5.41, 5.74) is 30.8. The number of hydrogen-bond acceptors (Lipinski definition) is 0. The Kier molecular flexibility index (Phi) is 14.2. The molecule has 0 bridgehead atoms. The highest BCUT2D eigenvalue weighted by Crippen LogP contribution is 2.55. The van der Waals surface area contributed by atoms with Crippen LogP contribution in [0.1, 0.15) is 119 Å². The van der Waals surface area contributed by atoms with Crippen LogP contribution in [0.15, 0.2) is 177 Å². The molecule has 0 nitrogen and oxygen atoms in total. The minimum absolute atomic E-state index is 0.257. The SMILES string of the molecule is CC1=CC(C(C)(C)C)=CC1[Si](C)(C)C1C=C(C(C)(C)C)C=C1C.CC1=CC(C)=C(C)C1[Si](C)(C)C1C(C)=CC(C)=C1C.C[Si](C)(c1cccc2c1Cc1ccccc1-2)c1cccc2c1Cc1ccccc1-2. The Balaban J connectivity index is 0.000000147. The Morgan fingerprint density at radius 1 is 0.394 bits per heavy atom. The molecule has 4 aromatic carbocycles. The third kappa shape index (κ3) is 9.63. The molecule has 0 aromatic heterocycles. The van der Waals surface area contributed by atoms with Crippen molar-refractivity contribution in [2.24, 2.45) is 10.8 Å². The second-order valence-electron chi connectivity index (χ2n) is 26.4. The average Bonchev–Trinajstić information content (AvgIpc) is 4.14. The molecule has 10 rings (SSSR count). The van der Waals surface area contributed by atoms with E-state index in [1.807, 2.05) is 0 Å². The number of hydrogen-bond donors (Lipinski definition) is 0. The number of benzene rings is 4. The Labute approximate surface area is 435 Å². The van der Waals surface area contributed by atoms with Crippen LogP contribution >= 0.6 is 0 Å². The van der Waals surface area contributed by atoms with Crippen molar-refractivity contribution < 1.29 is 0 Å². The summed E-state index contributed by atoms with van der Waals surface area (Å²) in [6.45, 7) is 48.0. The van der Waals surface area contributed by atoms with Crippen LogP contribution < -0.4 is 10.4 Å². The molecule has 0 saturated carbocycles. The van der Waals surface area contributed by atoms with E-state index in [4.69, 9.17) is 0 Å². The predicted octanol–water partition coefficient (Wildman–Crippen LogP) is 19.0. The maximum absolute atomic E-state index is 2.59. The predicted molar refractivity (Wildman–Crippen MR) is 323 cm³/mol. The zero-order chi connectivity index (χ0) is 51.9. The zero-order valence-corrected chi connectivity index (χ0v) is 50.8. The first kappa shape index (κ1) is 52.8. The van der Waals surface area contributed by atoms with Gasteiger partial charge in [0, 0.05) is 0 Å². The molecule has 0 spiro atoms. The molecular formula is C68H88Si3. The van der Waals surface area contributed by atoms with E-state index in [0.29, 0.717) is 11.1 Å². The van der Waals surface area contributed by atoms with E-state index in [0.717, 1.165) is 23.9 Å². The summed E-state index contributed by atoms with van der Waals surface area (Å²) in [4.78, 5) is 0. The smallest absolute Gasteiger partial charge is 0.0763 e. The normalized spacial score (nSPS) is 21.5. The van der Waals surface area contributed by atoms with Crippen molar-refractivity contribution in [2.45, 2.75) is 171 Å². The Bertz CT molecular complexity index is 2850. The topological polar surface area (TPSA) is 0 Å². The minimum atomic E-state index is -1.85. The Hall–Kier alpha value is -4.55. The maximum Gasteiger partial charge on any atom is 0.113 e. The van der Waals surface area contributed by atoms with Crippen LogP contribution in [0.5, 0.6) is 0 Å². The molecule has 0 amide bonds. The molecule has 0 N–H and O–H groups in total. The van der Waals surface area contributed by atoms with Gasteiger partial charge in [-0.2, -0.15) is 0 Å². The van der Waals surface area contributed by atoms with Crippen LogP contribution in [-0.4, -0.2) is 24.2 Å². The molecule has 0 heterocycles. The molecule has 6 aliphatic rings. The van der Waals surface area contributed by atoms with Gasteiger partial charge in [0.05, 0.1) is 16.1 Å². The second-order valence-corrected chi connectivity index (χ2v) is 40.5. The summed E-state index contributed by atoms with van der Waals surface area (Å²) in [6.07, 6.45) is 17.1. The number of rotatable bonds is 6. The molecule has 0 saturated heterocycles. The lowest BCUT2D eigenvalue weighted by molar-refractivity contribution is 0.517. The summed E-state index contributed by atoms with van der Waals surface area (Å²) < 4.78 is 0. The van der Waals surface area contributed by atoms with Crippen LogP contribution in [0.2, 0.25) is 61.4 Å². The fourth-order valence-electron chi connectivity index (χ4n) is 14.4. The van der Waals surface area contributed by atoms with Crippen molar-refractivity contribution >= 4 is 34.6 Å². The summed E-state index contributed by atoms with van der Waals surface area (Å²) in [7, 11) is -4.77. The van der Waals surface area contributed by atoms with Gasteiger partial charge in [-0.15, -0.1) is 0 Å². The van der Waals surface area contributed by atoms with Gasteiger partial charge < -0.3 is 0 Å². The van der Waals surface area contributed by atoms with E-state index in [-0.39, 0.29) is 10.8 Å². The number of allylic oxidation sites excluding steroid dienone is 16. The van der Waals surface area contributed by atoms with E-state index in [1.165, 1.54) is 55.7 Å². The molecule has 372 valence electrons. The van der Waals surface area contributed by atoms with E-state index in [2.05, 4.69) is 258 Å². The standard InChI is InChI=1S/C28H24Si.C22H36Si.C18H28Si/c1-29(2,27-15-7-13-23-21-11-5-3-9-19(21)17-25(23)27)28-16-8-14-24-22-12-6-4-10-20(22)18-26(24)28;1-15-11-17(21(3,4)5)13-19(15)23(9,10)20-14-18(12-16(20)2)22(6,7)8;1-11-9-13(3)17(15(11)5)19(7,8)18-14(4)10-12(2)16(18)6/h3-16H,17-18H2,1-2H3;11-14,19-20H,1-10H3;9-10,17-18H,1-8H3. The van der Waals surface area contributed by atoms with Gasteiger partial charge in [0.15, 0.2) is 0 Å². The fourth-order valence-corrected chi connectivity index (χ4v) is 27.3. The molecular weight excluding hydrogens is 901 g/mol. The van der Waals surface area contributed by atoms with Crippen molar-refractivity contribution in [2.75, 3.05) is 0 Å². The first-order chi connectivity index (χ1) is 33.1. The van der Waals surface area contributed by atoms with E-state index in [9.17, 15) is 0 Å². The van der Waals surface area contributed by atoms with Crippen LogP contribution in [0, 0.1) is 10.8 Å². The third-order valence-corrected chi connectivity index (χ3v) is 31.1. The highest BCUT2D eigenvalue weighted by molar-refractivity contribution is 7.01. The van der Waals surface area contributed by atoms with Gasteiger partial charge in [-0.05, 0) is 157 Å². The van der Waals surface area contributed by atoms with E-state index in [1.54, 1.807) is 54.9 Å². The lowest BCUT2D eigenvalue weighted by Gasteiger charge is -2.39. The Morgan fingerprint density at radius 3 is 1.07 bits per heavy atom. The molecule has 6 aliphatic carbocycles. The molecule has 0 aliphatic heterocycles. The van der Waals surface area contributed by atoms with Crippen molar-refractivity contribution in [3.63, 3.8) is 0 Å². The van der Waals surface area contributed by atoms with Crippen molar-refractivity contribution in [1.29, 1.82) is 0 Å². The zero-order valence-electron chi connectivity index (χ0n) is 47.8. The van der Waals surface area contributed by atoms with Gasteiger partial charge in [-0.3, -0.25) is 0 Å². The molecule has 3 heteroatoms. The van der Waals surface area contributed by atoms with E-state index >= 15 is 0 Å². The minimum Gasteiger partial charge on any atom is -0.0763 e. The van der Waals surface area contributed by atoms with Crippen molar-refractivity contribution in [3.05, 3.63) is 199 Å². The van der Waals surface area contributed by atoms with Gasteiger partial charge >= 0.3 is 0 Å². The second kappa shape index (κ2) is 19.1. The largest absolute Gasteiger partial charge is 0.113 e. The first-order valence-electron chi connectivity index (χ1n) is 27.0. The third-order valence-electron chi connectivity index (χ3n) is 18.2. The van der Waals surface area contributed by atoms with E-state index < -0.39 is 24.2 Å². The highest BCUT2D eigenvalue weighted by Gasteiger charge is 2.46. The molecule has 71 heavy (non-hydrogen) atoms. The lowest BCUT2D eigenvalue weighted by Crippen LogP contribution is -2.55. The van der Waals surface area contributed by atoms with Crippen LogP contribution in [-0.2, 0) is 12.8 Å². The van der Waals surface area contributed by atoms with Crippen molar-refractivity contribution in [1.82, 2.24) is 0 Å². The molecule has 4 aromatic rings. The number of fused-ring (bicyclic) bond motifs is 6. The van der Waals surface area contributed by atoms with Crippen LogP contribution in [0.25, 0.3) is 22.3 Å². The maximum atomic E-state index is 2.59. The first-order valence-corrected chi connectivity index (χ1v) is 36.3. The van der Waals surface area contributed by atoms with Crippen LogP contribution in [0.4, 0.5) is 0 Å². The summed E-state index contributed by atoms with van der Waals surface area (Å²) in [6, 6.07) is 31.9.